The normalized spacial score (nSPS) is 10.7. The molecule has 0 saturated heterocycles. The van der Waals surface area contributed by atoms with Crippen molar-refractivity contribution in [2.24, 2.45) is 0 Å². The Hall–Kier alpha value is -2.56. The van der Waals surface area contributed by atoms with Crippen LogP contribution in [0.2, 0.25) is 0 Å². The molecule has 1 aromatic heterocycles. The van der Waals surface area contributed by atoms with Crippen molar-refractivity contribution < 1.29 is 9.53 Å². The molecule has 0 aromatic carbocycles. The van der Waals surface area contributed by atoms with Gasteiger partial charge < -0.3 is 10.1 Å². The molecule has 0 unspecified atom stereocenters. The van der Waals surface area contributed by atoms with Crippen LogP contribution in [-0.2, 0) is 11.3 Å². The Kier molecular flexibility index (Phi) is 4.69. The highest BCUT2D eigenvalue weighted by Crippen LogP contribution is 2.06. The molecule has 0 aliphatic heterocycles. The minimum absolute atomic E-state index is 0.115. The molecule has 0 bridgehead atoms. The Balaban J connectivity index is 2.64. The van der Waals surface area contributed by atoms with Crippen LogP contribution in [0.5, 0.6) is 0 Å². The van der Waals surface area contributed by atoms with Gasteiger partial charge in [0.1, 0.15) is 17.2 Å². The van der Waals surface area contributed by atoms with Crippen LogP contribution in [0.25, 0.3) is 0 Å². The van der Waals surface area contributed by atoms with Gasteiger partial charge in [-0.15, -0.1) is 0 Å². The van der Waals surface area contributed by atoms with E-state index in [1.165, 1.54) is 0 Å². The van der Waals surface area contributed by atoms with E-state index in [9.17, 15) is 14.4 Å². The van der Waals surface area contributed by atoms with Gasteiger partial charge in [0, 0.05) is 19.3 Å². The SMILES string of the molecule is CC(C)(C)OC(=O)NCCn1cc(C#N)c(=O)[nH]c1=O. The Bertz CT molecular complexity index is 645. The smallest absolute Gasteiger partial charge is 0.407 e. The van der Waals surface area contributed by atoms with Crippen molar-refractivity contribution in [3.8, 4) is 6.07 Å². The van der Waals surface area contributed by atoms with Crippen LogP contribution >= 0.6 is 0 Å². The summed E-state index contributed by atoms with van der Waals surface area (Å²) in [5.74, 6) is 0. The number of hydrogen-bond donors (Lipinski definition) is 2. The largest absolute Gasteiger partial charge is 0.444 e. The number of ether oxygens (including phenoxy) is 1. The predicted molar refractivity (Wildman–Crippen MR) is 70.3 cm³/mol. The van der Waals surface area contributed by atoms with E-state index in [0.717, 1.165) is 10.8 Å². The van der Waals surface area contributed by atoms with Gasteiger partial charge in [-0.2, -0.15) is 5.26 Å². The van der Waals surface area contributed by atoms with E-state index >= 15 is 0 Å². The van der Waals surface area contributed by atoms with Crippen LogP contribution in [0.3, 0.4) is 0 Å². The molecule has 20 heavy (non-hydrogen) atoms. The second-order valence-electron chi connectivity index (χ2n) is 5.04. The molecule has 2 N–H and O–H groups in total. The van der Waals surface area contributed by atoms with Crippen LogP contribution in [0.15, 0.2) is 15.8 Å². The van der Waals surface area contributed by atoms with Crippen LogP contribution < -0.4 is 16.6 Å². The summed E-state index contributed by atoms with van der Waals surface area (Å²) in [5.41, 5.74) is -2.14. The fraction of sp³-hybridized carbons (Fsp3) is 0.500. The molecular weight excluding hydrogens is 264 g/mol. The third-order valence-corrected chi connectivity index (χ3v) is 2.15. The maximum absolute atomic E-state index is 11.5. The number of H-pyrrole nitrogens is 1. The lowest BCUT2D eigenvalue weighted by Gasteiger charge is -2.19. The fourth-order valence-electron chi connectivity index (χ4n) is 1.35. The molecule has 0 radical (unpaired) electrons. The standard InChI is InChI=1S/C12H16N4O4/c1-12(2,3)20-11(19)14-4-5-16-7-8(6-13)9(17)15-10(16)18/h7H,4-5H2,1-3H3,(H,14,19)(H,15,17,18). The second kappa shape index (κ2) is 6.06. The molecule has 1 rings (SSSR count). The summed E-state index contributed by atoms with van der Waals surface area (Å²) >= 11 is 0. The number of nitriles is 1. The number of alkyl carbamates (subject to hydrolysis) is 1. The first-order valence-electron chi connectivity index (χ1n) is 5.93. The van der Waals surface area contributed by atoms with Crippen LogP contribution in [0.4, 0.5) is 4.79 Å². The second-order valence-corrected chi connectivity index (χ2v) is 5.04. The lowest BCUT2D eigenvalue weighted by Crippen LogP contribution is -2.37. The highest BCUT2D eigenvalue weighted by atomic mass is 16.6. The molecule has 0 fully saturated rings. The van der Waals surface area contributed by atoms with Crippen LogP contribution in [0.1, 0.15) is 26.3 Å². The van der Waals surface area contributed by atoms with Gasteiger partial charge in [-0.25, -0.2) is 9.59 Å². The third-order valence-electron chi connectivity index (χ3n) is 2.15. The Labute approximate surface area is 115 Å². The fourth-order valence-corrected chi connectivity index (χ4v) is 1.35. The van der Waals surface area contributed by atoms with Gasteiger partial charge in [-0.05, 0) is 20.8 Å². The van der Waals surface area contributed by atoms with Gasteiger partial charge in [0.05, 0.1) is 0 Å². The average molecular weight is 280 g/mol. The minimum atomic E-state index is -0.728. The Morgan fingerprint density at radius 1 is 1.50 bits per heavy atom. The summed E-state index contributed by atoms with van der Waals surface area (Å²) in [6.07, 6.45) is 0.549. The summed E-state index contributed by atoms with van der Waals surface area (Å²) in [7, 11) is 0. The first kappa shape index (κ1) is 15.5. The number of nitrogens with one attached hydrogen (secondary N) is 2. The Morgan fingerprint density at radius 2 is 2.15 bits per heavy atom. The maximum Gasteiger partial charge on any atom is 0.407 e. The molecule has 108 valence electrons. The average Bonchev–Trinajstić information content (AvgIpc) is 2.29. The van der Waals surface area contributed by atoms with Gasteiger partial charge in [-0.3, -0.25) is 14.3 Å². The lowest BCUT2D eigenvalue weighted by atomic mass is 10.2. The first-order chi connectivity index (χ1) is 9.23. The zero-order valence-electron chi connectivity index (χ0n) is 11.5. The van der Waals surface area contributed by atoms with Gasteiger partial charge in [0.25, 0.3) is 5.56 Å². The summed E-state index contributed by atoms with van der Waals surface area (Å²) < 4.78 is 6.16. The van der Waals surface area contributed by atoms with Gasteiger partial charge in [0.2, 0.25) is 0 Å². The number of hydrogen-bond acceptors (Lipinski definition) is 5. The number of aromatic nitrogens is 2. The maximum atomic E-state index is 11.5. The van der Waals surface area contributed by atoms with E-state index in [1.54, 1.807) is 26.8 Å². The molecule has 1 aromatic rings. The van der Waals surface area contributed by atoms with Crippen molar-refractivity contribution in [1.29, 1.82) is 5.26 Å². The predicted octanol–water partition coefficient (Wildman–Crippen LogP) is -0.0670. The zero-order valence-corrected chi connectivity index (χ0v) is 11.5. The summed E-state index contributed by atoms with van der Waals surface area (Å²) in [5, 5.41) is 11.2. The van der Waals surface area contributed by atoms with Crippen molar-refractivity contribution in [3.05, 3.63) is 32.6 Å². The molecule has 0 atom stereocenters. The summed E-state index contributed by atoms with van der Waals surface area (Å²) in [4.78, 5) is 36.0. The van der Waals surface area contributed by atoms with Gasteiger partial charge in [0.15, 0.2) is 0 Å². The Morgan fingerprint density at radius 3 is 2.70 bits per heavy atom. The number of carbonyl (C=O) groups excluding carboxylic acids is 1. The van der Waals surface area contributed by atoms with Crippen molar-refractivity contribution >= 4 is 6.09 Å². The number of nitrogens with zero attached hydrogens (tertiary/aromatic N) is 2. The third kappa shape index (κ3) is 4.61. The first-order valence-corrected chi connectivity index (χ1v) is 5.93. The molecule has 1 heterocycles. The highest BCUT2D eigenvalue weighted by molar-refractivity contribution is 5.67. The van der Waals surface area contributed by atoms with Gasteiger partial charge in [-0.1, -0.05) is 0 Å². The van der Waals surface area contributed by atoms with E-state index in [4.69, 9.17) is 10.00 Å². The van der Waals surface area contributed by atoms with Crippen molar-refractivity contribution in [3.63, 3.8) is 0 Å². The molecular formula is C12H16N4O4. The van der Waals surface area contributed by atoms with Crippen molar-refractivity contribution in [2.45, 2.75) is 32.9 Å². The van der Waals surface area contributed by atoms with Crippen LogP contribution in [0, 0.1) is 11.3 Å². The highest BCUT2D eigenvalue weighted by Gasteiger charge is 2.15. The molecule has 8 nitrogen and oxygen atoms in total. The molecule has 8 heteroatoms. The van der Waals surface area contributed by atoms with Gasteiger partial charge >= 0.3 is 11.8 Å². The minimum Gasteiger partial charge on any atom is -0.444 e. The number of aromatic amines is 1. The van der Waals surface area contributed by atoms with Crippen LogP contribution in [-0.4, -0.2) is 27.8 Å². The zero-order chi connectivity index (χ0) is 15.3. The number of carbonyl (C=O) groups is 1. The summed E-state index contributed by atoms with van der Waals surface area (Å²) in [6, 6.07) is 1.68. The van der Waals surface area contributed by atoms with E-state index < -0.39 is 22.9 Å². The van der Waals surface area contributed by atoms with E-state index in [1.807, 2.05) is 4.98 Å². The van der Waals surface area contributed by atoms with Crippen molar-refractivity contribution in [2.75, 3.05) is 6.54 Å². The topological polar surface area (TPSA) is 117 Å². The van der Waals surface area contributed by atoms with Crippen molar-refractivity contribution in [1.82, 2.24) is 14.9 Å². The molecule has 0 saturated carbocycles. The number of amides is 1. The van der Waals surface area contributed by atoms with E-state index in [0.29, 0.717) is 0 Å². The monoisotopic (exact) mass is 280 g/mol. The quantitative estimate of drug-likeness (QED) is 0.804. The molecule has 0 spiro atoms. The molecule has 0 aliphatic carbocycles. The number of rotatable bonds is 3. The van der Waals surface area contributed by atoms with E-state index in [2.05, 4.69) is 5.32 Å². The molecule has 0 aliphatic rings. The lowest BCUT2D eigenvalue weighted by molar-refractivity contribution is 0.0526. The molecule has 1 amide bonds. The van der Waals surface area contributed by atoms with E-state index in [-0.39, 0.29) is 18.7 Å². The summed E-state index contributed by atoms with van der Waals surface area (Å²) in [6.45, 7) is 5.45.